The first kappa shape index (κ1) is 19.4. The van der Waals surface area contributed by atoms with Gasteiger partial charge in [0.2, 0.25) is 0 Å². The average molecular weight is 403 g/mol. The van der Waals surface area contributed by atoms with Gasteiger partial charge in [0, 0.05) is 11.3 Å². The molecular formula is C24H18FNO4. The zero-order valence-corrected chi connectivity index (χ0v) is 16.1. The monoisotopic (exact) mass is 403 g/mol. The van der Waals surface area contributed by atoms with Crippen molar-refractivity contribution in [1.82, 2.24) is 0 Å². The van der Waals surface area contributed by atoms with Gasteiger partial charge in [-0.3, -0.25) is 14.5 Å². The van der Waals surface area contributed by atoms with Crippen LogP contribution in [-0.4, -0.2) is 23.9 Å². The third-order valence-electron chi connectivity index (χ3n) is 5.03. The summed E-state index contributed by atoms with van der Waals surface area (Å²) in [5, 5.41) is 10.9. The van der Waals surface area contributed by atoms with Crippen LogP contribution in [0, 0.1) is 5.82 Å². The minimum atomic E-state index is -0.874. The van der Waals surface area contributed by atoms with Gasteiger partial charge in [0.25, 0.3) is 11.7 Å². The number of amides is 1. The SMILES string of the molecule is COc1ccc([C@@H]2C(=C(O)c3ccccc3)C(=O)C(=O)N2c2ccc(F)cc2)cc1. The van der Waals surface area contributed by atoms with E-state index in [1.165, 1.54) is 36.3 Å². The average Bonchev–Trinajstić information content (AvgIpc) is 3.05. The summed E-state index contributed by atoms with van der Waals surface area (Å²) < 4.78 is 18.6. The van der Waals surface area contributed by atoms with E-state index in [0.717, 1.165) is 0 Å². The van der Waals surface area contributed by atoms with Crippen molar-refractivity contribution in [1.29, 1.82) is 0 Å². The van der Waals surface area contributed by atoms with Crippen LogP contribution in [0.5, 0.6) is 5.75 Å². The number of ether oxygens (including phenoxy) is 1. The highest BCUT2D eigenvalue weighted by Crippen LogP contribution is 2.42. The number of nitrogens with zero attached hydrogens (tertiary/aromatic N) is 1. The zero-order chi connectivity index (χ0) is 21.3. The zero-order valence-electron chi connectivity index (χ0n) is 16.1. The highest BCUT2D eigenvalue weighted by Gasteiger charge is 2.46. The summed E-state index contributed by atoms with van der Waals surface area (Å²) in [4.78, 5) is 27.2. The fourth-order valence-electron chi connectivity index (χ4n) is 3.55. The van der Waals surface area contributed by atoms with E-state index in [4.69, 9.17) is 4.74 Å². The molecule has 1 N–H and O–H groups in total. The summed E-state index contributed by atoms with van der Waals surface area (Å²) in [6.45, 7) is 0. The number of rotatable bonds is 4. The lowest BCUT2D eigenvalue weighted by atomic mass is 9.95. The largest absolute Gasteiger partial charge is 0.507 e. The van der Waals surface area contributed by atoms with Crippen LogP contribution in [0.3, 0.4) is 0 Å². The van der Waals surface area contributed by atoms with E-state index in [-0.39, 0.29) is 11.3 Å². The molecule has 0 aromatic heterocycles. The smallest absolute Gasteiger partial charge is 0.300 e. The van der Waals surface area contributed by atoms with Gasteiger partial charge in [-0.1, -0.05) is 42.5 Å². The Balaban J connectivity index is 1.92. The molecule has 1 saturated heterocycles. The number of hydrogen-bond acceptors (Lipinski definition) is 4. The lowest BCUT2D eigenvalue weighted by molar-refractivity contribution is -0.132. The Labute approximate surface area is 172 Å². The van der Waals surface area contributed by atoms with Gasteiger partial charge in [0.15, 0.2) is 0 Å². The standard InChI is InChI=1S/C24H18FNO4/c1-30-19-13-7-15(8-14-19)21-20(22(27)16-5-3-2-4-6-16)23(28)24(29)26(21)18-11-9-17(25)10-12-18/h2-14,21,27H,1H3/t21-/m1/s1. The van der Waals surface area contributed by atoms with Crippen LogP contribution in [0.1, 0.15) is 17.2 Å². The second kappa shape index (κ2) is 7.83. The van der Waals surface area contributed by atoms with Gasteiger partial charge in [-0.05, 0) is 42.0 Å². The lowest BCUT2D eigenvalue weighted by Gasteiger charge is -2.25. The molecule has 0 radical (unpaired) electrons. The Morgan fingerprint density at radius 3 is 2.17 bits per heavy atom. The third kappa shape index (κ3) is 3.33. The van der Waals surface area contributed by atoms with E-state index >= 15 is 0 Å². The summed E-state index contributed by atoms with van der Waals surface area (Å²) in [5.41, 5.74) is 1.36. The van der Waals surface area contributed by atoms with Crippen molar-refractivity contribution in [2.45, 2.75) is 6.04 Å². The highest BCUT2D eigenvalue weighted by atomic mass is 19.1. The van der Waals surface area contributed by atoms with E-state index < -0.39 is 23.5 Å². The minimum Gasteiger partial charge on any atom is -0.507 e. The highest BCUT2D eigenvalue weighted by molar-refractivity contribution is 6.51. The number of hydrogen-bond donors (Lipinski definition) is 1. The van der Waals surface area contributed by atoms with Crippen molar-refractivity contribution in [3.63, 3.8) is 0 Å². The first-order valence-corrected chi connectivity index (χ1v) is 9.27. The number of aliphatic hydroxyl groups is 1. The van der Waals surface area contributed by atoms with Crippen LogP contribution in [-0.2, 0) is 9.59 Å². The Kier molecular flexibility index (Phi) is 5.06. The first-order valence-electron chi connectivity index (χ1n) is 9.27. The lowest BCUT2D eigenvalue weighted by Crippen LogP contribution is -2.29. The van der Waals surface area contributed by atoms with Crippen LogP contribution >= 0.6 is 0 Å². The molecule has 0 bridgehead atoms. The third-order valence-corrected chi connectivity index (χ3v) is 5.03. The summed E-state index contributed by atoms with van der Waals surface area (Å²) in [7, 11) is 1.54. The van der Waals surface area contributed by atoms with Crippen LogP contribution in [0.4, 0.5) is 10.1 Å². The van der Waals surface area contributed by atoms with E-state index in [1.807, 2.05) is 0 Å². The number of halogens is 1. The van der Waals surface area contributed by atoms with Gasteiger partial charge in [-0.15, -0.1) is 0 Å². The number of ketones is 1. The summed E-state index contributed by atoms with van der Waals surface area (Å²) in [5.74, 6) is -1.71. The number of methoxy groups -OCH3 is 1. The maximum atomic E-state index is 13.4. The van der Waals surface area contributed by atoms with Gasteiger partial charge in [-0.2, -0.15) is 0 Å². The number of aliphatic hydroxyl groups excluding tert-OH is 1. The molecule has 1 heterocycles. The summed E-state index contributed by atoms with van der Waals surface area (Å²) in [6.07, 6.45) is 0. The van der Waals surface area contributed by atoms with E-state index in [1.54, 1.807) is 54.6 Å². The number of anilines is 1. The molecule has 4 rings (SSSR count). The number of Topliss-reactive ketones (excluding diaryl/α,β-unsaturated/α-hetero) is 1. The fraction of sp³-hybridized carbons (Fsp3) is 0.0833. The Bertz CT molecular complexity index is 1120. The molecule has 3 aromatic carbocycles. The molecule has 30 heavy (non-hydrogen) atoms. The predicted octanol–water partition coefficient (Wildman–Crippen LogP) is 4.46. The van der Waals surface area contributed by atoms with Crippen molar-refractivity contribution in [2.24, 2.45) is 0 Å². The second-order valence-corrected chi connectivity index (χ2v) is 6.78. The van der Waals surface area contributed by atoms with Crippen molar-refractivity contribution in [3.05, 3.63) is 101 Å². The molecule has 5 nitrogen and oxygen atoms in total. The second-order valence-electron chi connectivity index (χ2n) is 6.78. The van der Waals surface area contributed by atoms with E-state index in [2.05, 4.69) is 0 Å². The molecule has 0 unspecified atom stereocenters. The van der Waals surface area contributed by atoms with Crippen molar-refractivity contribution >= 4 is 23.1 Å². The molecule has 6 heteroatoms. The molecule has 3 aromatic rings. The van der Waals surface area contributed by atoms with Crippen molar-refractivity contribution in [2.75, 3.05) is 12.0 Å². The molecule has 0 saturated carbocycles. The van der Waals surface area contributed by atoms with Gasteiger partial charge in [0.05, 0.1) is 18.7 Å². The molecule has 1 atom stereocenters. The molecule has 1 aliphatic heterocycles. The number of carbonyl (C=O) groups excluding carboxylic acids is 2. The molecule has 1 fully saturated rings. The Morgan fingerprint density at radius 1 is 0.933 bits per heavy atom. The van der Waals surface area contributed by atoms with Gasteiger partial charge < -0.3 is 9.84 Å². The quantitative estimate of drug-likeness (QED) is 0.397. The van der Waals surface area contributed by atoms with Crippen LogP contribution < -0.4 is 9.64 Å². The van der Waals surface area contributed by atoms with Crippen LogP contribution in [0.15, 0.2) is 84.4 Å². The summed E-state index contributed by atoms with van der Waals surface area (Å²) >= 11 is 0. The normalized spacial score (nSPS) is 17.9. The molecule has 1 aliphatic rings. The molecule has 150 valence electrons. The van der Waals surface area contributed by atoms with E-state index in [0.29, 0.717) is 22.6 Å². The van der Waals surface area contributed by atoms with Crippen molar-refractivity contribution in [3.8, 4) is 5.75 Å². The number of carbonyl (C=O) groups is 2. The van der Waals surface area contributed by atoms with Gasteiger partial charge in [-0.25, -0.2) is 4.39 Å². The minimum absolute atomic E-state index is 0.0271. The molecule has 0 aliphatic carbocycles. The van der Waals surface area contributed by atoms with E-state index in [9.17, 15) is 19.1 Å². The maximum Gasteiger partial charge on any atom is 0.300 e. The van der Waals surface area contributed by atoms with Gasteiger partial charge in [0.1, 0.15) is 17.3 Å². The molecule has 0 spiro atoms. The topological polar surface area (TPSA) is 66.8 Å². The van der Waals surface area contributed by atoms with Crippen LogP contribution in [0.2, 0.25) is 0 Å². The molecular weight excluding hydrogens is 385 g/mol. The maximum absolute atomic E-state index is 13.4. The van der Waals surface area contributed by atoms with Crippen LogP contribution in [0.25, 0.3) is 5.76 Å². The Morgan fingerprint density at radius 2 is 1.57 bits per heavy atom. The molecule has 1 amide bonds. The number of benzene rings is 3. The van der Waals surface area contributed by atoms with Crippen molar-refractivity contribution < 1.29 is 23.8 Å². The fourth-order valence-corrected chi connectivity index (χ4v) is 3.55. The predicted molar refractivity (Wildman–Crippen MR) is 111 cm³/mol. The van der Waals surface area contributed by atoms with Gasteiger partial charge >= 0.3 is 0 Å². The first-order chi connectivity index (χ1) is 14.5. The Hall–Kier alpha value is -3.93. The summed E-state index contributed by atoms with van der Waals surface area (Å²) in [6, 6.07) is 19.9.